The standard InChI is InChI=1S/C19H20N6O2/c1-14-12-18(23-10-2-4-17(13-23)24-11-3-9-20-24)22-19(21-14)15-5-7-16(8-6-15)25(26)27/h3,5-9,11-12,17H,2,4,10,13H2,1H3. The summed E-state index contributed by atoms with van der Waals surface area (Å²) in [5, 5.41) is 15.2. The van der Waals surface area contributed by atoms with Crippen LogP contribution in [0.2, 0.25) is 0 Å². The predicted molar refractivity (Wildman–Crippen MR) is 102 cm³/mol. The molecule has 3 aromatic rings. The third-order valence-electron chi connectivity index (χ3n) is 4.80. The second kappa shape index (κ2) is 7.14. The highest BCUT2D eigenvalue weighted by atomic mass is 16.6. The number of benzene rings is 1. The number of aromatic nitrogens is 4. The number of piperidine rings is 1. The molecule has 1 fully saturated rings. The largest absolute Gasteiger partial charge is 0.354 e. The van der Waals surface area contributed by atoms with Gasteiger partial charge < -0.3 is 4.90 Å². The molecule has 0 bridgehead atoms. The van der Waals surface area contributed by atoms with E-state index in [0.717, 1.165) is 43.0 Å². The van der Waals surface area contributed by atoms with Crippen LogP contribution in [0.5, 0.6) is 0 Å². The highest BCUT2D eigenvalue weighted by molar-refractivity contribution is 5.60. The van der Waals surface area contributed by atoms with Crippen LogP contribution in [0.4, 0.5) is 11.5 Å². The van der Waals surface area contributed by atoms with Crippen LogP contribution in [-0.2, 0) is 0 Å². The Labute approximate surface area is 156 Å². The Balaban J connectivity index is 1.61. The van der Waals surface area contributed by atoms with Crippen molar-refractivity contribution in [2.24, 2.45) is 0 Å². The summed E-state index contributed by atoms with van der Waals surface area (Å²) in [6.07, 6.45) is 5.97. The second-order valence-corrected chi connectivity index (χ2v) is 6.72. The number of anilines is 1. The Morgan fingerprint density at radius 1 is 1.22 bits per heavy atom. The maximum atomic E-state index is 10.9. The Morgan fingerprint density at radius 3 is 2.74 bits per heavy atom. The van der Waals surface area contributed by atoms with Crippen LogP contribution in [0.1, 0.15) is 24.6 Å². The van der Waals surface area contributed by atoms with Crippen LogP contribution in [0.25, 0.3) is 11.4 Å². The summed E-state index contributed by atoms with van der Waals surface area (Å²) < 4.78 is 2.01. The summed E-state index contributed by atoms with van der Waals surface area (Å²) in [7, 11) is 0. The monoisotopic (exact) mass is 364 g/mol. The van der Waals surface area contributed by atoms with Crippen LogP contribution in [0.15, 0.2) is 48.8 Å². The van der Waals surface area contributed by atoms with E-state index in [1.165, 1.54) is 12.1 Å². The van der Waals surface area contributed by atoms with Crippen molar-refractivity contribution in [1.29, 1.82) is 0 Å². The average Bonchev–Trinajstić information content (AvgIpc) is 3.22. The zero-order valence-electron chi connectivity index (χ0n) is 15.0. The van der Waals surface area contributed by atoms with E-state index in [0.29, 0.717) is 11.9 Å². The molecule has 138 valence electrons. The quantitative estimate of drug-likeness (QED) is 0.521. The molecule has 2 aromatic heterocycles. The van der Waals surface area contributed by atoms with Gasteiger partial charge in [0.05, 0.1) is 11.0 Å². The van der Waals surface area contributed by atoms with Gasteiger partial charge in [-0.05, 0) is 38.0 Å². The average molecular weight is 364 g/mol. The molecule has 1 aliphatic rings. The van der Waals surface area contributed by atoms with Crippen molar-refractivity contribution in [2.45, 2.75) is 25.8 Å². The molecule has 1 aliphatic heterocycles. The van der Waals surface area contributed by atoms with Gasteiger partial charge in [-0.3, -0.25) is 14.8 Å². The van der Waals surface area contributed by atoms with Crippen molar-refractivity contribution in [3.8, 4) is 11.4 Å². The van der Waals surface area contributed by atoms with Crippen molar-refractivity contribution < 1.29 is 4.92 Å². The minimum Gasteiger partial charge on any atom is -0.354 e. The zero-order chi connectivity index (χ0) is 18.8. The topological polar surface area (TPSA) is 90.0 Å². The predicted octanol–water partition coefficient (Wildman–Crippen LogP) is 3.40. The minimum atomic E-state index is -0.407. The number of non-ortho nitro benzene ring substituents is 1. The lowest BCUT2D eigenvalue weighted by Crippen LogP contribution is -2.37. The fraction of sp³-hybridized carbons (Fsp3) is 0.316. The van der Waals surface area contributed by atoms with Gasteiger partial charge in [-0.15, -0.1) is 0 Å². The Morgan fingerprint density at radius 2 is 2.04 bits per heavy atom. The molecule has 27 heavy (non-hydrogen) atoms. The molecular weight excluding hydrogens is 344 g/mol. The molecular formula is C19H20N6O2. The first-order valence-corrected chi connectivity index (χ1v) is 8.95. The van der Waals surface area contributed by atoms with Crippen molar-refractivity contribution in [3.63, 3.8) is 0 Å². The number of rotatable bonds is 4. The van der Waals surface area contributed by atoms with Gasteiger partial charge in [-0.2, -0.15) is 5.10 Å². The second-order valence-electron chi connectivity index (χ2n) is 6.72. The molecule has 1 unspecified atom stereocenters. The van der Waals surface area contributed by atoms with E-state index >= 15 is 0 Å². The summed E-state index contributed by atoms with van der Waals surface area (Å²) in [6, 6.07) is 10.6. The fourth-order valence-corrected chi connectivity index (χ4v) is 3.45. The molecule has 8 nitrogen and oxygen atoms in total. The summed E-state index contributed by atoms with van der Waals surface area (Å²) in [5.41, 5.74) is 1.70. The van der Waals surface area contributed by atoms with Crippen LogP contribution < -0.4 is 4.90 Å². The molecule has 4 rings (SSSR count). The molecule has 1 aromatic carbocycles. The number of hydrogen-bond acceptors (Lipinski definition) is 6. The molecule has 0 radical (unpaired) electrons. The van der Waals surface area contributed by atoms with Gasteiger partial charge in [-0.1, -0.05) is 0 Å². The van der Waals surface area contributed by atoms with Crippen LogP contribution >= 0.6 is 0 Å². The van der Waals surface area contributed by atoms with Crippen molar-refractivity contribution in [1.82, 2.24) is 19.7 Å². The first-order chi connectivity index (χ1) is 13.1. The Hall–Kier alpha value is -3.29. The molecule has 0 amide bonds. The van der Waals surface area contributed by atoms with Gasteiger partial charge >= 0.3 is 0 Å². The highest BCUT2D eigenvalue weighted by Crippen LogP contribution is 2.27. The zero-order valence-corrected chi connectivity index (χ0v) is 15.0. The van der Waals surface area contributed by atoms with E-state index in [1.807, 2.05) is 29.9 Å². The van der Waals surface area contributed by atoms with Gasteiger partial charge in [-0.25, -0.2) is 9.97 Å². The van der Waals surface area contributed by atoms with E-state index in [9.17, 15) is 10.1 Å². The Kier molecular flexibility index (Phi) is 4.53. The summed E-state index contributed by atoms with van der Waals surface area (Å²) in [5.74, 6) is 1.47. The normalized spacial score (nSPS) is 17.1. The number of nitro benzene ring substituents is 1. The maximum Gasteiger partial charge on any atom is 0.269 e. The SMILES string of the molecule is Cc1cc(N2CCCC(n3cccn3)C2)nc(-c2ccc([N+](=O)[O-])cc2)n1. The van der Waals surface area contributed by atoms with Gasteiger partial charge in [0.2, 0.25) is 0 Å². The molecule has 3 heterocycles. The minimum absolute atomic E-state index is 0.0599. The smallest absolute Gasteiger partial charge is 0.269 e. The van der Waals surface area contributed by atoms with E-state index in [2.05, 4.69) is 15.0 Å². The van der Waals surface area contributed by atoms with E-state index in [4.69, 9.17) is 4.98 Å². The highest BCUT2D eigenvalue weighted by Gasteiger charge is 2.23. The van der Waals surface area contributed by atoms with E-state index in [1.54, 1.807) is 18.3 Å². The molecule has 8 heteroatoms. The summed E-state index contributed by atoms with van der Waals surface area (Å²) in [4.78, 5) is 22.0. The van der Waals surface area contributed by atoms with Gasteiger partial charge in [0.15, 0.2) is 5.82 Å². The number of hydrogen-bond donors (Lipinski definition) is 0. The van der Waals surface area contributed by atoms with Crippen molar-refractivity contribution in [3.05, 3.63) is 64.6 Å². The fourth-order valence-electron chi connectivity index (χ4n) is 3.45. The van der Waals surface area contributed by atoms with Gasteiger partial charge in [0, 0.05) is 54.9 Å². The number of nitrogens with zero attached hydrogens (tertiary/aromatic N) is 6. The molecule has 0 saturated carbocycles. The van der Waals surface area contributed by atoms with E-state index in [-0.39, 0.29) is 5.69 Å². The van der Waals surface area contributed by atoms with Gasteiger partial charge in [0.25, 0.3) is 5.69 Å². The molecule has 0 spiro atoms. The third-order valence-corrected chi connectivity index (χ3v) is 4.80. The van der Waals surface area contributed by atoms with Crippen molar-refractivity contribution >= 4 is 11.5 Å². The van der Waals surface area contributed by atoms with Crippen molar-refractivity contribution in [2.75, 3.05) is 18.0 Å². The lowest BCUT2D eigenvalue weighted by atomic mass is 10.1. The Bertz CT molecular complexity index is 939. The number of aryl methyl sites for hydroxylation is 1. The first kappa shape index (κ1) is 17.1. The number of nitro groups is 1. The lowest BCUT2D eigenvalue weighted by molar-refractivity contribution is -0.384. The molecule has 1 atom stereocenters. The molecule has 0 N–H and O–H groups in total. The summed E-state index contributed by atoms with van der Waals surface area (Å²) >= 11 is 0. The van der Waals surface area contributed by atoms with Crippen LogP contribution in [0.3, 0.4) is 0 Å². The van der Waals surface area contributed by atoms with E-state index < -0.39 is 4.92 Å². The van der Waals surface area contributed by atoms with Crippen LogP contribution in [-0.4, -0.2) is 37.8 Å². The third kappa shape index (κ3) is 3.64. The first-order valence-electron chi connectivity index (χ1n) is 8.95. The lowest BCUT2D eigenvalue weighted by Gasteiger charge is -2.33. The molecule has 1 saturated heterocycles. The maximum absolute atomic E-state index is 10.9. The summed E-state index contributed by atoms with van der Waals surface area (Å²) in [6.45, 7) is 3.72. The molecule has 0 aliphatic carbocycles. The van der Waals surface area contributed by atoms with Gasteiger partial charge in [0.1, 0.15) is 5.82 Å². The van der Waals surface area contributed by atoms with Crippen LogP contribution in [0, 0.1) is 17.0 Å².